The molecule has 3 rings (SSSR count). The second-order valence-corrected chi connectivity index (χ2v) is 7.99. The Morgan fingerprint density at radius 1 is 1.41 bits per heavy atom. The predicted octanol–water partition coefficient (Wildman–Crippen LogP) is 3.42. The van der Waals surface area contributed by atoms with E-state index in [2.05, 4.69) is 26.0 Å². The number of carbonyl (C=O) groups excluding carboxylic acids is 1. The number of rotatable bonds is 8. The number of nitrogens with two attached hydrogens (primary N) is 1. The molecule has 12 heteroatoms. The molecule has 0 saturated heterocycles. The maximum atomic E-state index is 13.0. The highest BCUT2D eigenvalue weighted by Gasteiger charge is 2.21. The van der Waals surface area contributed by atoms with Crippen molar-refractivity contribution in [1.29, 1.82) is 0 Å². The zero-order valence-electron chi connectivity index (χ0n) is 16.7. The van der Waals surface area contributed by atoms with E-state index in [-0.39, 0.29) is 21.9 Å². The summed E-state index contributed by atoms with van der Waals surface area (Å²) in [5.74, 6) is -0.640. The summed E-state index contributed by atoms with van der Waals surface area (Å²) in [5.41, 5.74) is 4.96. The van der Waals surface area contributed by atoms with Crippen molar-refractivity contribution < 1.29 is 14.5 Å². The zero-order chi connectivity index (χ0) is 23.4. The van der Waals surface area contributed by atoms with E-state index in [0.717, 1.165) is 15.6 Å². The summed E-state index contributed by atoms with van der Waals surface area (Å²) in [6, 6.07) is 7.72. The van der Waals surface area contributed by atoms with E-state index in [9.17, 15) is 19.7 Å². The maximum Gasteiger partial charge on any atom is 0.313 e. The Morgan fingerprint density at radius 3 is 2.81 bits per heavy atom. The average molecular weight is 523 g/mol. The van der Waals surface area contributed by atoms with Gasteiger partial charge in [-0.2, -0.15) is 9.78 Å². The Kier molecular flexibility index (Phi) is 7.21. The van der Waals surface area contributed by atoms with Crippen molar-refractivity contribution in [1.82, 2.24) is 9.66 Å². The van der Waals surface area contributed by atoms with Gasteiger partial charge < -0.3 is 10.5 Å². The lowest BCUT2D eigenvalue weighted by atomic mass is 10.2. The van der Waals surface area contributed by atoms with E-state index in [1.807, 2.05) is 6.92 Å². The van der Waals surface area contributed by atoms with Crippen LogP contribution in [0.3, 0.4) is 0 Å². The summed E-state index contributed by atoms with van der Waals surface area (Å²) in [6.45, 7) is 1.38. The minimum absolute atomic E-state index is 0.108. The molecule has 0 saturated carbocycles. The van der Waals surface area contributed by atoms with Crippen LogP contribution in [0.5, 0.6) is 5.75 Å². The highest BCUT2D eigenvalue weighted by molar-refractivity contribution is 9.10. The number of aromatic nitrogens is 2. The lowest BCUT2D eigenvalue weighted by Gasteiger charge is -2.09. The number of fused-ring (bicyclic) bond motifs is 1. The van der Waals surface area contributed by atoms with Crippen LogP contribution in [0.2, 0.25) is 5.02 Å². The van der Waals surface area contributed by atoms with Gasteiger partial charge in [0.15, 0.2) is 6.61 Å². The fraction of sp³-hybridized carbons (Fsp3) is 0.200. The van der Waals surface area contributed by atoms with E-state index < -0.39 is 23.1 Å². The van der Waals surface area contributed by atoms with Crippen molar-refractivity contribution in [3.05, 3.63) is 71.7 Å². The Labute approximate surface area is 194 Å². The first kappa shape index (κ1) is 23.4. The van der Waals surface area contributed by atoms with Gasteiger partial charge in [-0.25, -0.2) is 4.98 Å². The lowest BCUT2D eigenvalue weighted by molar-refractivity contribution is -0.385. The van der Waals surface area contributed by atoms with Crippen molar-refractivity contribution in [3.8, 4) is 5.75 Å². The third-order valence-electron chi connectivity index (χ3n) is 4.27. The molecular formula is C20H17BrClN5O5. The summed E-state index contributed by atoms with van der Waals surface area (Å²) in [4.78, 5) is 39.3. The second-order valence-electron chi connectivity index (χ2n) is 6.66. The van der Waals surface area contributed by atoms with Crippen molar-refractivity contribution >= 4 is 56.2 Å². The van der Waals surface area contributed by atoms with Crippen molar-refractivity contribution in [2.45, 2.75) is 19.8 Å². The number of benzene rings is 2. The zero-order valence-corrected chi connectivity index (χ0v) is 19.1. The Balaban J connectivity index is 2.09. The SMILES string of the molecule is CCCc1nc2ccc(Br)cc2c(=O)n1N=Cc1cc(Cl)c(OCC(N)=O)c([N+](=O)[O-])c1. The third kappa shape index (κ3) is 5.11. The Bertz CT molecular complexity index is 1310. The molecule has 32 heavy (non-hydrogen) atoms. The van der Waals surface area contributed by atoms with Crippen LogP contribution in [0.15, 0.2) is 44.7 Å². The fourth-order valence-corrected chi connectivity index (χ4v) is 3.56. The van der Waals surface area contributed by atoms with Gasteiger partial charge in [0.25, 0.3) is 11.5 Å². The molecular weight excluding hydrogens is 506 g/mol. The molecule has 0 bridgehead atoms. The number of aryl methyl sites for hydroxylation is 1. The van der Waals surface area contributed by atoms with E-state index >= 15 is 0 Å². The average Bonchev–Trinajstić information content (AvgIpc) is 2.73. The molecule has 1 aromatic heterocycles. The van der Waals surface area contributed by atoms with Gasteiger partial charge in [0, 0.05) is 22.5 Å². The molecule has 0 fully saturated rings. The number of nitro groups is 1. The molecule has 0 aliphatic carbocycles. The van der Waals surface area contributed by atoms with Crippen LogP contribution < -0.4 is 16.0 Å². The number of hydrogen-bond acceptors (Lipinski definition) is 7. The van der Waals surface area contributed by atoms with Crippen LogP contribution in [-0.4, -0.2) is 33.3 Å². The van der Waals surface area contributed by atoms with Gasteiger partial charge >= 0.3 is 5.69 Å². The molecule has 0 radical (unpaired) electrons. The molecule has 0 unspecified atom stereocenters. The van der Waals surface area contributed by atoms with Crippen LogP contribution >= 0.6 is 27.5 Å². The number of nitro benzene ring substituents is 1. The van der Waals surface area contributed by atoms with Crippen LogP contribution in [0.25, 0.3) is 10.9 Å². The number of nitrogens with zero attached hydrogens (tertiary/aromatic N) is 4. The standard InChI is InChI=1S/C20H17BrClN5O5/c1-2-3-18-25-15-5-4-12(21)8-13(15)20(29)26(18)24-9-11-6-14(22)19(32-10-17(23)28)16(7-11)27(30)31/h4-9H,2-3,10H2,1H3,(H2,23,28). The molecule has 3 aromatic rings. The van der Waals surface area contributed by atoms with Crippen LogP contribution in [-0.2, 0) is 11.2 Å². The lowest BCUT2D eigenvalue weighted by Crippen LogP contribution is -2.22. The van der Waals surface area contributed by atoms with Crippen molar-refractivity contribution in [3.63, 3.8) is 0 Å². The smallest absolute Gasteiger partial charge is 0.313 e. The number of primary amides is 1. The molecule has 0 aliphatic heterocycles. The second kappa shape index (κ2) is 9.88. The molecule has 166 valence electrons. The van der Waals surface area contributed by atoms with Gasteiger partial charge in [-0.05, 0) is 30.7 Å². The minimum atomic E-state index is -0.806. The highest BCUT2D eigenvalue weighted by atomic mass is 79.9. The first-order valence-corrected chi connectivity index (χ1v) is 10.5. The van der Waals surface area contributed by atoms with Gasteiger partial charge in [-0.15, -0.1) is 0 Å². The highest BCUT2D eigenvalue weighted by Crippen LogP contribution is 2.35. The van der Waals surface area contributed by atoms with Gasteiger partial charge in [-0.3, -0.25) is 19.7 Å². The van der Waals surface area contributed by atoms with Gasteiger partial charge in [0.1, 0.15) is 5.82 Å². The predicted molar refractivity (Wildman–Crippen MR) is 123 cm³/mol. The van der Waals surface area contributed by atoms with Crippen molar-refractivity contribution in [2.24, 2.45) is 10.8 Å². The molecule has 0 aliphatic rings. The summed E-state index contributed by atoms with van der Waals surface area (Å²) in [7, 11) is 0. The Morgan fingerprint density at radius 2 is 2.16 bits per heavy atom. The summed E-state index contributed by atoms with van der Waals surface area (Å²) < 4.78 is 6.96. The number of ether oxygens (including phenoxy) is 1. The molecule has 2 N–H and O–H groups in total. The first-order valence-electron chi connectivity index (χ1n) is 9.35. The first-order chi connectivity index (χ1) is 15.2. The van der Waals surface area contributed by atoms with Crippen molar-refractivity contribution in [2.75, 3.05) is 6.61 Å². The van der Waals surface area contributed by atoms with E-state index in [1.165, 1.54) is 18.3 Å². The summed E-state index contributed by atoms with van der Waals surface area (Å²) >= 11 is 9.46. The Hall–Kier alpha value is -3.31. The van der Waals surface area contributed by atoms with E-state index in [4.69, 9.17) is 22.1 Å². The number of hydrogen-bond donors (Lipinski definition) is 1. The van der Waals surface area contributed by atoms with Crippen LogP contribution in [0.4, 0.5) is 5.69 Å². The maximum absolute atomic E-state index is 13.0. The van der Waals surface area contributed by atoms with Crippen LogP contribution in [0, 0.1) is 10.1 Å². The third-order valence-corrected chi connectivity index (χ3v) is 5.05. The number of carbonyl (C=O) groups is 1. The van der Waals surface area contributed by atoms with Crippen LogP contribution in [0.1, 0.15) is 24.7 Å². The van der Waals surface area contributed by atoms with E-state index in [0.29, 0.717) is 23.1 Å². The quantitative estimate of drug-likeness (QED) is 0.273. The largest absolute Gasteiger partial charge is 0.476 e. The molecule has 0 atom stereocenters. The molecule has 2 aromatic carbocycles. The van der Waals surface area contributed by atoms with Gasteiger partial charge in [0.05, 0.1) is 27.1 Å². The molecule has 10 nitrogen and oxygen atoms in total. The fourth-order valence-electron chi connectivity index (χ4n) is 2.92. The summed E-state index contributed by atoms with van der Waals surface area (Å²) in [5, 5.41) is 15.9. The number of halogens is 2. The van der Waals surface area contributed by atoms with Gasteiger partial charge in [-0.1, -0.05) is 34.5 Å². The molecule has 1 heterocycles. The molecule has 0 spiro atoms. The number of amides is 1. The molecule has 1 amide bonds. The normalized spacial score (nSPS) is 11.2. The monoisotopic (exact) mass is 521 g/mol. The van der Waals surface area contributed by atoms with E-state index in [1.54, 1.807) is 18.2 Å². The topological polar surface area (TPSA) is 143 Å². The minimum Gasteiger partial charge on any atom is -0.476 e. The van der Waals surface area contributed by atoms with Gasteiger partial charge in [0.2, 0.25) is 5.75 Å². The summed E-state index contributed by atoms with van der Waals surface area (Å²) in [6.07, 6.45) is 2.50.